The average molecular weight is 2230 g/mol. The molecule has 0 spiro atoms. The second-order valence-electron chi connectivity index (χ2n) is 40.3. The molecule has 146 heavy (non-hydrogen) atoms. The van der Waals surface area contributed by atoms with Gasteiger partial charge in [0.2, 0.25) is 0 Å². The third-order valence-corrected chi connectivity index (χ3v) is 31.3. The third-order valence-electron chi connectivity index (χ3n) is 29.0. The lowest BCUT2D eigenvalue weighted by Crippen LogP contribution is -2.12. The summed E-state index contributed by atoms with van der Waals surface area (Å²) in [5.41, 5.74) is 53.7. The van der Waals surface area contributed by atoms with Gasteiger partial charge in [0.15, 0.2) is 0 Å². The van der Waals surface area contributed by atoms with Crippen molar-refractivity contribution in [1.29, 1.82) is 0 Å². The molecule has 0 fully saturated rings. The van der Waals surface area contributed by atoms with Crippen molar-refractivity contribution in [3.63, 3.8) is 0 Å². The minimum absolute atomic E-state index is 1.04. The van der Waals surface area contributed by atoms with Gasteiger partial charge in [0.25, 0.3) is 0 Å². The van der Waals surface area contributed by atoms with E-state index in [4.69, 9.17) is 0 Å². The van der Waals surface area contributed by atoms with Crippen molar-refractivity contribution in [1.82, 2.24) is 0 Å². The molecule has 0 aliphatic rings. The first-order chi connectivity index (χ1) is 70.8. The topological polar surface area (TPSA) is 30.5 Å². The van der Waals surface area contributed by atoms with Crippen molar-refractivity contribution in [2.24, 2.45) is 0 Å². The van der Waals surface area contributed by atoms with Crippen molar-refractivity contribution in [3.05, 3.63) is 446 Å². The van der Waals surface area contributed by atoms with Crippen LogP contribution in [0.15, 0.2) is 353 Å². The molecule has 0 aromatic heterocycles. The maximum atomic E-state index is 3.79. The van der Waals surface area contributed by atoms with Gasteiger partial charge in [-0.05, 0) is 505 Å². The second kappa shape index (κ2) is 52.6. The Kier molecular flexibility index (Phi) is 39.0. The first kappa shape index (κ1) is 108. The molecule has 0 saturated heterocycles. The number of hydrogen-bond donors (Lipinski definition) is 2. The fraction of sp³-hybridized carbons (Fsp3) is 0.261. The van der Waals surface area contributed by atoms with Gasteiger partial charge in [-0.15, -0.1) is 0 Å². The molecule has 0 unspecified atom stereocenters. The highest BCUT2D eigenvalue weighted by molar-refractivity contribution is 14.1. The largest absolute Gasteiger partial charge is 0.355 e. The monoisotopic (exact) mass is 2220 g/mol. The summed E-state index contributed by atoms with van der Waals surface area (Å²) in [5, 5.41) is 7.59. The number of anilines is 10. The molecule has 4 nitrogen and oxygen atoms in total. The molecule has 0 radical (unpaired) electrons. The first-order valence-electron chi connectivity index (χ1n) is 53.3. The number of unbranched alkanes of at least 4 members (excludes halogenated alkanes) is 12. The number of aryl methyl sites for hydroxylation is 16. The standard InChI is InChI=1S/C72H74Br2N2.C60H68N2.C6H4BrI/c1-9-11-13-17-27-57-47-70(68-44-54(8)72(46-52(68)6)76(62-35-31-60(74)32-36-62)64-38-40-66(50(4)42-64)56-25-21-16-22-26-56)58(28-18-14-12-10-2)48-69(57)67-43-53(7)71(45-51(67)5)75(61-33-29-59(73)30-34-61)63-37-39-65(49(3)41-63)55-23-19-15-20-24-55;1-9-11-13-17-27-49-39-58(56-36-46(8)60(38-44(56)6)62-52-30-32-54(42(4)34-52)48-25-21-16-22-26-48)50(28-18-14-12-10-2)40-57(49)55-35-45(7)59(37-43(55)5)61-51-29-31-53(41(3)33-51)47-23-19-15-20-24-47;7-5-1-3-6(8)4-2-5/h15-16,19-26,29-48H,9-14,17-18,27-28H2,1-8H3;15-16,19-26,29-40,61-62H,9-14,17-18,27-28H2,1-8H3;1-4H. The molecule has 0 aliphatic heterocycles. The molecule has 0 heterocycles. The Bertz CT molecular complexity index is 6820. The molecule has 746 valence electrons. The highest BCUT2D eigenvalue weighted by Crippen LogP contribution is 2.49. The Morgan fingerprint density at radius 3 is 0.719 bits per heavy atom. The number of benzene rings is 17. The summed E-state index contributed by atoms with van der Waals surface area (Å²) in [4.78, 5) is 4.89. The van der Waals surface area contributed by atoms with Crippen LogP contribution in [-0.2, 0) is 25.7 Å². The second-order valence-corrected chi connectivity index (χ2v) is 44.3. The lowest BCUT2D eigenvalue weighted by molar-refractivity contribution is 0.664. The van der Waals surface area contributed by atoms with Gasteiger partial charge in [0.05, 0.1) is 0 Å². The van der Waals surface area contributed by atoms with Gasteiger partial charge in [-0.25, -0.2) is 0 Å². The molecule has 2 N–H and O–H groups in total. The normalized spacial score (nSPS) is 11.2. The van der Waals surface area contributed by atoms with Crippen LogP contribution in [0.2, 0.25) is 0 Å². The van der Waals surface area contributed by atoms with Gasteiger partial charge >= 0.3 is 0 Å². The Morgan fingerprint density at radius 2 is 0.452 bits per heavy atom. The van der Waals surface area contributed by atoms with Crippen molar-refractivity contribution in [3.8, 4) is 89.0 Å². The van der Waals surface area contributed by atoms with Crippen molar-refractivity contribution < 1.29 is 0 Å². The number of hydrogen-bond acceptors (Lipinski definition) is 4. The van der Waals surface area contributed by atoms with E-state index in [1.165, 1.54) is 307 Å². The molecule has 0 amide bonds. The van der Waals surface area contributed by atoms with E-state index in [-0.39, 0.29) is 0 Å². The van der Waals surface area contributed by atoms with Crippen LogP contribution in [0.1, 0.15) is 219 Å². The zero-order valence-electron chi connectivity index (χ0n) is 88.9. The van der Waals surface area contributed by atoms with Crippen LogP contribution in [0.5, 0.6) is 0 Å². The molecule has 0 saturated carbocycles. The molecule has 17 aromatic rings. The van der Waals surface area contributed by atoms with Gasteiger partial charge in [-0.1, -0.05) is 322 Å². The zero-order chi connectivity index (χ0) is 103. The first-order valence-corrected chi connectivity index (χ1v) is 56.8. The van der Waals surface area contributed by atoms with Crippen LogP contribution < -0.4 is 20.4 Å². The van der Waals surface area contributed by atoms with Crippen LogP contribution in [-0.4, -0.2) is 0 Å². The van der Waals surface area contributed by atoms with E-state index in [0.29, 0.717) is 0 Å². The van der Waals surface area contributed by atoms with E-state index < -0.39 is 0 Å². The van der Waals surface area contributed by atoms with E-state index in [9.17, 15) is 0 Å². The quantitative estimate of drug-likeness (QED) is 0.0298. The minimum Gasteiger partial charge on any atom is -0.355 e. The summed E-state index contributed by atoms with van der Waals surface area (Å²) in [6.07, 6.45) is 24.0. The number of halogens is 4. The van der Waals surface area contributed by atoms with Crippen molar-refractivity contribution in [2.75, 3.05) is 20.4 Å². The smallest absolute Gasteiger partial charge is 0.0493 e. The van der Waals surface area contributed by atoms with Crippen LogP contribution in [0.3, 0.4) is 0 Å². The summed E-state index contributed by atoms with van der Waals surface area (Å²) in [7, 11) is 0. The number of rotatable bonds is 38. The highest BCUT2D eigenvalue weighted by Gasteiger charge is 2.27. The van der Waals surface area contributed by atoms with E-state index in [1.54, 1.807) is 0 Å². The van der Waals surface area contributed by atoms with Gasteiger partial charge in [0, 0.05) is 73.9 Å². The summed E-state index contributed by atoms with van der Waals surface area (Å²) in [6, 6.07) is 126. The lowest BCUT2D eigenvalue weighted by Gasteiger charge is -2.30. The number of nitrogens with zero attached hydrogens (tertiary/aromatic N) is 2. The molecule has 0 bridgehead atoms. The Hall–Kier alpha value is -11.9. The molecular weight excluding hydrogens is 2080 g/mol. The van der Waals surface area contributed by atoms with Crippen LogP contribution in [0.25, 0.3) is 89.0 Å². The Morgan fingerprint density at radius 1 is 0.205 bits per heavy atom. The summed E-state index contributed by atoms with van der Waals surface area (Å²) >= 11 is 13.1. The molecule has 17 aromatic carbocycles. The van der Waals surface area contributed by atoms with E-state index in [0.717, 1.165) is 73.2 Å². The molecule has 8 heteroatoms. The fourth-order valence-corrected chi connectivity index (χ4v) is 22.1. The van der Waals surface area contributed by atoms with Gasteiger partial charge < -0.3 is 20.4 Å². The van der Waals surface area contributed by atoms with Crippen LogP contribution in [0.4, 0.5) is 56.9 Å². The molecular formula is C138H146Br3IN4. The van der Waals surface area contributed by atoms with Crippen LogP contribution >= 0.6 is 70.4 Å². The van der Waals surface area contributed by atoms with Gasteiger partial charge in [-0.3, -0.25) is 0 Å². The predicted octanol–water partition coefficient (Wildman–Crippen LogP) is 43.9. The predicted molar refractivity (Wildman–Crippen MR) is 656 cm³/mol. The van der Waals surface area contributed by atoms with Crippen LogP contribution in [0, 0.1) is 86.7 Å². The zero-order valence-corrected chi connectivity index (χ0v) is 95.8. The highest BCUT2D eigenvalue weighted by atomic mass is 127. The molecule has 0 atom stereocenters. The minimum atomic E-state index is 1.04. The Labute approximate surface area is 913 Å². The SMILES string of the molecule is Brc1ccc(I)cc1.CCCCCCc1cc(-c2cc(C)c(N(c3ccc(Br)cc3)c3ccc(-c4ccccc4)c(C)c3)cc2C)c(CCCCCC)cc1-c1cc(C)c(N(c2ccc(Br)cc2)c2ccc(-c3ccccc3)c(C)c2)cc1C.CCCCCCc1cc(-c2cc(C)c(Nc3ccc(-c4ccccc4)c(C)c3)cc2C)c(CCCCCC)cc1-c1cc(C)c(Nc2ccc(-c3ccccc3)c(C)c2)cc1C. The van der Waals surface area contributed by atoms with Gasteiger partial charge in [0.1, 0.15) is 0 Å². The summed E-state index contributed by atoms with van der Waals surface area (Å²) in [5.74, 6) is 0. The van der Waals surface area contributed by atoms with E-state index in [1.807, 2.05) is 12.1 Å². The van der Waals surface area contributed by atoms with Crippen molar-refractivity contribution >= 4 is 127 Å². The fourth-order valence-electron chi connectivity index (χ4n) is 20.9. The third kappa shape index (κ3) is 27.7. The lowest BCUT2D eigenvalue weighted by atomic mass is 9.84. The number of nitrogens with one attached hydrogen (secondary N) is 2. The van der Waals surface area contributed by atoms with E-state index >= 15 is 0 Å². The Balaban J connectivity index is 0.000000207. The summed E-state index contributed by atoms with van der Waals surface area (Å²) in [6.45, 7) is 36.5. The van der Waals surface area contributed by atoms with Gasteiger partial charge in [-0.2, -0.15) is 0 Å². The van der Waals surface area contributed by atoms with Crippen molar-refractivity contribution in [2.45, 2.75) is 239 Å². The summed E-state index contributed by atoms with van der Waals surface area (Å²) < 4.78 is 4.54. The average Bonchev–Trinajstić information content (AvgIpc) is 0.752. The molecule has 0 aliphatic carbocycles. The molecule has 17 rings (SSSR count). The maximum absolute atomic E-state index is 3.79. The van der Waals surface area contributed by atoms with E-state index in [2.05, 4.69) is 529 Å². The maximum Gasteiger partial charge on any atom is 0.0493 e.